The molecule has 7 rings (SSSR count). The van der Waals surface area contributed by atoms with Crippen LogP contribution in [0.4, 0.5) is 17.1 Å². The van der Waals surface area contributed by atoms with Gasteiger partial charge in [0.2, 0.25) is 5.91 Å². The number of nitrogens with one attached hydrogen (secondary N) is 1. The van der Waals surface area contributed by atoms with E-state index in [4.69, 9.17) is 21.1 Å². The van der Waals surface area contributed by atoms with Gasteiger partial charge in [-0.1, -0.05) is 0 Å². The summed E-state index contributed by atoms with van der Waals surface area (Å²) in [5.41, 5.74) is 2.93. The van der Waals surface area contributed by atoms with Gasteiger partial charge in [0.25, 0.3) is 0 Å². The van der Waals surface area contributed by atoms with Crippen molar-refractivity contribution in [3.8, 4) is 0 Å². The number of alkyl halides is 1. The highest BCUT2D eigenvalue weighted by Crippen LogP contribution is 2.64. The predicted octanol–water partition coefficient (Wildman–Crippen LogP) is 3.88. The summed E-state index contributed by atoms with van der Waals surface area (Å²) in [5, 5.41) is 3.39. The topological polar surface area (TPSA) is 54.0 Å². The first-order valence-corrected chi connectivity index (χ1v) is 12.7. The van der Waals surface area contributed by atoms with Gasteiger partial charge in [-0.15, -0.1) is 11.6 Å². The SMILES string of the molecule is O=C(Nc1ccc(N2CCOCC2)cc1N1CCOCC1)C12CC3CC(CC(Cl)(C3)C1)C2. The number of morpholine rings is 2. The van der Waals surface area contributed by atoms with Crippen molar-refractivity contribution >= 4 is 34.6 Å². The molecule has 6 nitrogen and oxygen atoms in total. The molecule has 1 aromatic rings. The van der Waals surface area contributed by atoms with Crippen LogP contribution in [-0.4, -0.2) is 63.4 Å². The number of hydrogen-bond donors (Lipinski definition) is 1. The number of benzene rings is 1. The van der Waals surface area contributed by atoms with Crippen LogP contribution >= 0.6 is 11.6 Å². The standard InChI is InChI=1S/C25H34ClN3O3/c26-25-15-18-11-19(16-25)14-24(13-18,17-25)23(30)27-21-2-1-20(28-3-7-31-8-4-28)12-22(21)29-5-9-32-10-6-29/h1-2,12,18-19H,3-11,13-17H2,(H,27,30). The van der Waals surface area contributed by atoms with Crippen molar-refractivity contribution in [2.75, 3.05) is 67.7 Å². The second kappa shape index (κ2) is 8.07. The van der Waals surface area contributed by atoms with Crippen molar-refractivity contribution in [1.29, 1.82) is 0 Å². The van der Waals surface area contributed by atoms with Gasteiger partial charge < -0.3 is 24.6 Å². The van der Waals surface area contributed by atoms with Crippen LogP contribution in [0.2, 0.25) is 0 Å². The fraction of sp³-hybridized carbons (Fsp3) is 0.720. The van der Waals surface area contributed by atoms with Crippen LogP contribution in [0.3, 0.4) is 0 Å². The molecule has 4 aliphatic carbocycles. The Balaban J connectivity index is 1.28. The lowest BCUT2D eigenvalue weighted by molar-refractivity contribution is -0.138. The van der Waals surface area contributed by atoms with Crippen LogP contribution < -0.4 is 15.1 Å². The van der Waals surface area contributed by atoms with Crippen LogP contribution in [0.1, 0.15) is 38.5 Å². The van der Waals surface area contributed by atoms with Crippen LogP contribution in [0.5, 0.6) is 0 Å². The maximum absolute atomic E-state index is 13.8. The quantitative estimate of drug-likeness (QED) is 0.692. The smallest absolute Gasteiger partial charge is 0.230 e. The normalized spacial score (nSPS) is 36.4. The first-order valence-electron chi connectivity index (χ1n) is 12.3. The Bertz CT molecular complexity index is 867. The molecule has 4 saturated carbocycles. The zero-order chi connectivity index (χ0) is 21.8. The molecule has 2 heterocycles. The third kappa shape index (κ3) is 3.78. The highest BCUT2D eigenvalue weighted by Gasteiger charge is 2.60. The van der Waals surface area contributed by atoms with E-state index in [9.17, 15) is 4.79 Å². The maximum Gasteiger partial charge on any atom is 0.230 e. The number of nitrogens with zero attached hydrogens (tertiary/aromatic N) is 2. The van der Waals surface area contributed by atoms with E-state index >= 15 is 0 Å². The second-order valence-corrected chi connectivity index (χ2v) is 11.5. The van der Waals surface area contributed by atoms with Crippen LogP contribution in [-0.2, 0) is 14.3 Å². The van der Waals surface area contributed by atoms with Gasteiger partial charge >= 0.3 is 0 Å². The molecule has 0 radical (unpaired) electrons. The predicted molar refractivity (Wildman–Crippen MR) is 127 cm³/mol. The zero-order valence-corrected chi connectivity index (χ0v) is 19.5. The molecule has 2 saturated heterocycles. The number of rotatable bonds is 4. The Morgan fingerprint density at radius 3 is 2.19 bits per heavy atom. The van der Waals surface area contributed by atoms with Gasteiger partial charge in [0, 0.05) is 36.7 Å². The monoisotopic (exact) mass is 459 g/mol. The van der Waals surface area contributed by atoms with E-state index in [0.29, 0.717) is 11.8 Å². The second-order valence-electron chi connectivity index (χ2n) is 10.7. The van der Waals surface area contributed by atoms with Crippen LogP contribution in [0, 0.1) is 17.3 Å². The number of halogens is 1. The number of hydrogen-bond acceptors (Lipinski definition) is 5. The van der Waals surface area contributed by atoms with E-state index in [-0.39, 0.29) is 16.2 Å². The molecule has 1 amide bonds. The first-order chi connectivity index (χ1) is 15.5. The minimum absolute atomic E-state index is 0.158. The third-order valence-corrected chi connectivity index (χ3v) is 8.87. The highest BCUT2D eigenvalue weighted by atomic mass is 35.5. The largest absolute Gasteiger partial charge is 0.378 e. The van der Waals surface area contributed by atoms with Crippen molar-refractivity contribution in [1.82, 2.24) is 0 Å². The third-order valence-electron chi connectivity index (χ3n) is 8.43. The number of anilines is 3. The van der Waals surface area contributed by atoms with E-state index in [1.165, 1.54) is 12.1 Å². The van der Waals surface area contributed by atoms with Crippen LogP contribution in [0.15, 0.2) is 18.2 Å². The zero-order valence-electron chi connectivity index (χ0n) is 18.8. The maximum atomic E-state index is 13.8. The van der Waals surface area contributed by atoms with E-state index in [0.717, 1.165) is 96.1 Å². The van der Waals surface area contributed by atoms with Gasteiger partial charge in [-0.2, -0.15) is 0 Å². The van der Waals surface area contributed by atoms with Gasteiger partial charge in [0.1, 0.15) is 0 Å². The molecule has 174 valence electrons. The lowest BCUT2D eigenvalue weighted by Crippen LogP contribution is -2.57. The molecule has 6 fully saturated rings. The number of ether oxygens (including phenoxy) is 2. The van der Waals surface area contributed by atoms with E-state index < -0.39 is 0 Å². The minimum Gasteiger partial charge on any atom is -0.378 e. The van der Waals surface area contributed by atoms with Gasteiger partial charge in [-0.25, -0.2) is 0 Å². The Labute approximate surface area is 195 Å². The number of carbonyl (C=O) groups excluding carboxylic acids is 1. The summed E-state index contributed by atoms with van der Waals surface area (Å²) in [4.78, 5) is 18.4. The average Bonchev–Trinajstić information content (AvgIpc) is 2.79. The molecule has 7 heteroatoms. The summed E-state index contributed by atoms with van der Waals surface area (Å²) in [6.45, 7) is 6.45. The Hall–Kier alpha value is -1.50. The van der Waals surface area contributed by atoms with Gasteiger partial charge in [0.15, 0.2) is 0 Å². The summed E-state index contributed by atoms with van der Waals surface area (Å²) in [5.74, 6) is 1.41. The molecule has 0 spiro atoms. The molecule has 2 aliphatic heterocycles. The molecule has 2 unspecified atom stereocenters. The molecule has 32 heavy (non-hydrogen) atoms. The molecule has 6 aliphatic rings. The summed E-state index contributed by atoms with van der Waals surface area (Å²) >= 11 is 7.01. The Morgan fingerprint density at radius 1 is 0.938 bits per heavy atom. The van der Waals surface area contributed by atoms with Gasteiger partial charge in [0.05, 0.1) is 43.2 Å². The number of amides is 1. The van der Waals surface area contributed by atoms with Crippen molar-refractivity contribution in [3.63, 3.8) is 0 Å². The Morgan fingerprint density at radius 2 is 1.56 bits per heavy atom. The lowest BCUT2D eigenvalue weighted by Gasteiger charge is -2.59. The molecule has 1 N–H and O–H groups in total. The molecule has 2 atom stereocenters. The van der Waals surface area contributed by atoms with Crippen molar-refractivity contribution < 1.29 is 14.3 Å². The van der Waals surface area contributed by atoms with Crippen molar-refractivity contribution in [2.45, 2.75) is 43.4 Å². The van der Waals surface area contributed by atoms with Crippen molar-refractivity contribution in [3.05, 3.63) is 18.2 Å². The summed E-state index contributed by atoms with van der Waals surface area (Å²) in [6, 6.07) is 6.49. The molecule has 0 aromatic heterocycles. The minimum atomic E-state index is -0.295. The summed E-state index contributed by atoms with van der Waals surface area (Å²) in [6.07, 6.45) is 6.28. The lowest BCUT2D eigenvalue weighted by atomic mass is 9.49. The number of carbonyl (C=O) groups is 1. The van der Waals surface area contributed by atoms with Crippen molar-refractivity contribution in [2.24, 2.45) is 17.3 Å². The van der Waals surface area contributed by atoms with Gasteiger partial charge in [-0.05, 0) is 68.6 Å². The Kier molecular flexibility index (Phi) is 5.31. The fourth-order valence-electron chi connectivity index (χ4n) is 7.38. The summed E-state index contributed by atoms with van der Waals surface area (Å²) < 4.78 is 11.1. The highest BCUT2D eigenvalue weighted by molar-refractivity contribution is 6.24. The fourth-order valence-corrected chi connectivity index (χ4v) is 8.07. The molecular formula is C25H34ClN3O3. The van der Waals surface area contributed by atoms with Gasteiger partial charge in [-0.3, -0.25) is 4.79 Å². The average molecular weight is 460 g/mol. The van der Waals surface area contributed by atoms with E-state index in [2.05, 4.69) is 33.3 Å². The molecule has 4 bridgehead atoms. The first kappa shape index (κ1) is 21.1. The van der Waals surface area contributed by atoms with E-state index in [1.807, 2.05) is 0 Å². The molecule has 1 aromatic carbocycles. The van der Waals surface area contributed by atoms with E-state index in [1.54, 1.807) is 0 Å². The van der Waals surface area contributed by atoms with Crippen LogP contribution in [0.25, 0.3) is 0 Å². The molecular weight excluding hydrogens is 426 g/mol. The summed E-state index contributed by atoms with van der Waals surface area (Å²) in [7, 11) is 0.